The summed E-state index contributed by atoms with van der Waals surface area (Å²) in [5.74, 6) is 0. The van der Waals surface area contributed by atoms with Crippen LogP contribution < -0.4 is 4.90 Å². The Morgan fingerprint density at radius 2 is 0.608 bits per heavy atom. The first-order valence-corrected chi connectivity index (χ1v) is 26.1. The average molecular weight is 936 g/mol. The van der Waals surface area contributed by atoms with Crippen LogP contribution in [0.2, 0.25) is 0 Å². The Morgan fingerprint density at radius 1 is 0.243 bits per heavy atom. The second-order valence-electron chi connectivity index (χ2n) is 21.1. The molecule has 2 spiro atoms. The minimum atomic E-state index is -0.470. The molecule has 74 heavy (non-hydrogen) atoms. The molecule has 1 heteroatoms. The summed E-state index contributed by atoms with van der Waals surface area (Å²) in [6.07, 6.45) is 0. The van der Waals surface area contributed by atoms with Gasteiger partial charge in [0.25, 0.3) is 0 Å². The number of anilines is 3. The van der Waals surface area contributed by atoms with Crippen LogP contribution in [0, 0.1) is 6.92 Å². The highest BCUT2D eigenvalue weighted by Gasteiger charge is 2.54. The van der Waals surface area contributed by atoms with Crippen molar-refractivity contribution < 1.29 is 0 Å². The molecule has 13 aromatic carbocycles. The SMILES string of the molecule is Cc1ccc(N(c2ccc3cc4c(cc3c2)C2(c3ccccc3-c3ccccc32)c2c-4ccc3ccccc23)c2ccc3cc4c(cc3c2)C2(c3ccccc3-c3ccccc32)c2c-4ccc3ccccc23)cc1. The number of aryl methyl sites for hydroxylation is 1. The molecule has 1 nitrogen and oxygen atoms in total. The largest absolute Gasteiger partial charge is 0.310 e. The lowest BCUT2D eigenvalue weighted by molar-refractivity contribution is 0.802. The summed E-state index contributed by atoms with van der Waals surface area (Å²) in [5, 5.41) is 10.1. The normalized spacial score (nSPS) is 14.2. The Labute approximate surface area is 429 Å². The first-order valence-electron chi connectivity index (χ1n) is 26.1. The minimum absolute atomic E-state index is 0.470. The average Bonchev–Trinajstić information content (AvgIpc) is 4.33. The standard InChI is InChI=1S/C73H45N/c1-44-26-32-51(33-27-44)74(52-34-28-47-40-62-60-36-30-45-14-2-4-16-54(45)70(60)72(68(62)42-49(47)38-52)64-22-10-6-18-56(64)57-19-7-11-23-65(57)72)53-35-29-48-41-63-61-37-31-46-15-3-5-17-55(46)71(61)73(69(63)43-50(48)39-53)66-24-12-8-20-58(66)59-21-9-13-25-67(59)73/h2-43H,1H3. The second kappa shape index (κ2) is 14.4. The van der Waals surface area contributed by atoms with Crippen LogP contribution in [-0.4, -0.2) is 0 Å². The van der Waals surface area contributed by atoms with Gasteiger partial charge in [-0.05, 0) is 200 Å². The first-order chi connectivity index (χ1) is 36.6. The lowest BCUT2D eigenvalue weighted by Gasteiger charge is -2.32. The molecule has 4 aliphatic rings. The summed E-state index contributed by atoms with van der Waals surface area (Å²) in [6, 6.07) is 97.3. The van der Waals surface area contributed by atoms with Crippen molar-refractivity contribution in [3.63, 3.8) is 0 Å². The van der Waals surface area contributed by atoms with E-state index in [0.717, 1.165) is 17.1 Å². The molecule has 0 bridgehead atoms. The van der Waals surface area contributed by atoms with E-state index >= 15 is 0 Å². The molecule has 0 fully saturated rings. The maximum atomic E-state index is 2.54. The molecule has 13 aromatic rings. The van der Waals surface area contributed by atoms with Crippen LogP contribution in [0.4, 0.5) is 17.1 Å². The molecule has 0 N–H and O–H groups in total. The molecule has 4 aliphatic carbocycles. The molecule has 0 amide bonds. The van der Waals surface area contributed by atoms with Gasteiger partial charge in [0.2, 0.25) is 0 Å². The van der Waals surface area contributed by atoms with Crippen molar-refractivity contribution in [2.45, 2.75) is 17.8 Å². The fraction of sp³-hybridized carbons (Fsp3) is 0.0411. The predicted molar refractivity (Wildman–Crippen MR) is 308 cm³/mol. The van der Waals surface area contributed by atoms with Crippen molar-refractivity contribution in [1.82, 2.24) is 0 Å². The molecule has 0 aliphatic heterocycles. The number of hydrogen-bond acceptors (Lipinski definition) is 1. The fourth-order valence-corrected chi connectivity index (χ4v) is 14.7. The van der Waals surface area contributed by atoms with Crippen molar-refractivity contribution in [3.05, 3.63) is 305 Å². The number of fused-ring (bicyclic) bond motifs is 26. The van der Waals surface area contributed by atoms with Crippen molar-refractivity contribution >= 4 is 60.2 Å². The Balaban J connectivity index is 0.889. The Kier molecular flexibility index (Phi) is 7.87. The Bertz CT molecular complexity index is 4260. The topological polar surface area (TPSA) is 3.24 Å². The van der Waals surface area contributed by atoms with E-state index in [1.165, 1.54) is 138 Å². The van der Waals surface area contributed by atoms with Gasteiger partial charge in [-0.15, -0.1) is 0 Å². The van der Waals surface area contributed by atoms with Gasteiger partial charge < -0.3 is 4.90 Å². The number of benzene rings is 13. The van der Waals surface area contributed by atoms with E-state index in [2.05, 4.69) is 267 Å². The van der Waals surface area contributed by atoms with Crippen LogP contribution in [0.5, 0.6) is 0 Å². The number of nitrogens with zero attached hydrogens (tertiary/aromatic N) is 1. The smallest absolute Gasteiger partial charge is 0.0731 e. The lowest BCUT2D eigenvalue weighted by atomic mass is 9.69. The molecular weight excluding hydrogens is 891 g/mol. The predicted octanol–water partition coefficient (Wildman–Crippen LogP) is 18.8. The molecular formula is C73H45N. The molecule has 0 aromatic heterocycles. The van der Waals surface area contributed by atoms with Crippen molar-refractivity contribution in [3.8, 4) is 44.5 Å². The third-order valence-electron chi connectivity index (χ3n) is 17.6. The van der Waals surface area contributed by atoms with E-state index in [1.807, 2.05) is 0 Å². The first kappa shape index (κ1) is 40.3. The lowest BCUT2D eigenvalue weighted by Crippen LogP contribution is -2.26. The summed E-state index contributed by atoms with van der Waals surface area (Å²) >= 11 is 0. The van der Waals surface area contributed by atoms with Crippen molar-refractivity contribution in [2.75, 3.05) is 4.90 Å². The summed E-state index contributed by atoms with van der Waals surface area (Å²) in [4.78, 5) is 2.47. The van der Waals surface area contributed by atoms with Gasteiger partial charge in [0, 0.05) is 17.1 Å². The monoisotopic (exact) mass is 935 g/mol. The van der Waals surface area contributed by atoms with E-state index in [9.17, 15) is 0 Å². The van der Waals surface area contributed by atoms with Crippen molar-refractivity contribution in [2.24, 2.45) is 0 Å². The van der Waals surface area contributed by atoms with E-state index in [1.54, 1.807) is 0 Å². The van der Waals surface area contributed by atoms with E-state index in [-0.39, 0.29) is 0 Å². The van der Waals surface area contributed by atoms with Crippen LogP contribution in [0.25, 0.3) is 87.6 Å². The molecule has 0 heterocycles. The van der Waals surface area contributed by atoms with Gasteiger partial charge in [0.15, 0.2) is 0 Å². The summed E-state index contributed by atoms with van der Waals surface area (Å²) in [7, 11) is 0. The zero-order valence-corrected chi connectivity index (χ0v) is 40.7. The third kappa shape index (κ3) is 4.99. The highest BCUT2D eigenvalue weighted by molar-refractivity contribution is 6.09. The van der Waals surface area contributed by atoms with Gasteiger partial charge in [0.1, 0.15) is 0 Å². The van der Waals surface area contributed by atoms with Gasteiger partial charge in [-0.2, -0.15) is 0 Å². The maximum absolute atomic E-state index is 2.54. The van der Waals surface area contributed by atoms with Gasteiger partial charge >= 0.3 is 0 Å². The van der Waals surface area contributed by atoms with Gasteiger partial charge in [-0.3, -0.25) is 0 Å². The fourth-order valence-electron chi connectivity index (χ4n) is 14.7. The van der Waals surface area contributed by atoms with Crippen LogP contribution in [0.15, 0.2) is 255 Å². The maximum Gasteiger partial charge on any atom is 0.0731 e. The highest BCUT2D eigenvalue weighted by atomic mass is 15.1. The molecule has 17 rings (SSSR count). The quantitative estimate of drug-likeness (QED) is 0.171. The Morgan fingerprint density at radius 3 is 1.04 bits per heavy atom. The van der Waals surface area contributed by atoms with Gasteiger partial charge in [-0.25, -0.2) is 0 Å². The molecule has 0 atom stereocenters. The van der Waals surface area contributed by atoms with Crippen LogP contribution >= 0.6 is 0 Å². The van der Waals surface area contributed by atoms with Crippen LogP contribution in [-0.2, 0) is 10.8 Å². The Hall–Kier alpha value is -9.30. The molecule has 0 saturated carbocycles. The second-order valence-corrected chi connectivity index (χ2v) is 21.1. The van der Waals surface area contributed by atoms with Crippen LogP contribution in [0.3, 0.4) is 0 Å². The molecule has 0 radical (unpaired) electrons. The summed E-state index contributed by atoms with van der Waals surface area (Å²) in [6.45, 7) is 2.17. The molecule has 342 valence electrons. The zero-order chi connectivity index (χ0) is 48.4. The molecule has 0 unspecified atom stereocenters. The van der Waals surface area contributed by atoms with Crippen molar-refractivity contribution in [1.29, 1.82) is 0 Å². The van der Waals surface area contributed by atoms with Gasteiger partial charge in [0.05, 0.1) is 10.8 Å². The van der Waals surface area contributed by atoms with E-state index in [4.69, 9.17) is 0 Å². The van der Waals surface area contributed by atoms with Gasteiger partial charge in [-0.1, -0.05) is 200 Å². The molecule has 0 saturated heterocycles. The summed E-state index contributed by atoms with van der Waals surface area (Å²) in [5.41, 5.74) is 25.2. The van der Waals surface area contributed by atoms with E-state index in [0.29, 0.717) is 0 Å². The van der Waals surface area contributed by atoms with Crippen LogP contribution in [0.1, 0.15) is 50.1 Å². The minimum Gasteiger partial charge on any atom is -0.310 e. The third-order valence-corrected chi connectivity index (χ3v) is 17.6. The van der Waals surface area contributed by atoms with E-state index < -0.39 is 10.8 Å². The highest BCUT2D eigenvalue weighted by Crippen LogP contribution is 2.66. The zero-order valence-electron chi connectivity index (χ0n) is 40.7. The summed E-state index contributed by atoms with van der Waals surface area (Å²) < 4.78 is 0. The number of hydrogen-bond donors (Lipinski definition) is 0. The number of rotatable bonds is 3.